The van der Waals surface area contributed by atoms with Gasteiger partial charge in [-0.15, -0.1) is 11.8 Å². The minimum absolute atomic E-state index is 0.0943. The highest BCUT2D eigenvalue weighted by atomic mass is 32.2. The summed E-state index contributed by atoms with van der Waals surface area (Å²) in [6, 6.07) is 11.6. The van der Waals surface area contributed by atoms with Crippen molar-refractivity contribution in [1.29, 1.82) is 0 Å². The molecule has 0 radical (unpaired) electrons. The van der Waals surface area contributed by atoms with Gasteiger partial charge in [0.15, 0.2) is 5.82 Å². The lowest BCUT2D eigenvalue weighted by Crippen LogP contribution is -2.27. The van der Waals surface area contributed by atoms with Crippen molar-refractivity contribution in [2.45, 2.75) is 20.0 Å². The Balaban J connectivity index is 1.45. The van der Waals surface area contributed by atoms with Crippen LogP contribution in [0.1, 0.15) is 17.7 Å². The Labute approximate surface area is 156 Å². The van der Waals surface area contributed by atoms with Crippen molar-refractivity contribution >= 4 is 29.4 Å². The van der Waals surface area contributed by atoms with Gasteiger partial charge in [0.05, 0.1) is 18.1 Å². The van der Waals surface area contributed by atoms with Crippen LogP contribution in [0.5, 0.6) is 0 Å². The Morgan fingerprint density at radius 3 is 2.69 bits per heavy atom. The number of anilines is 1. The van der Waals surface area contributed by atoms with Crippen molar-refractivity contribution in [3.8, 4) is 0 Å². The van der Waals surface area contributed by atoms with Crippen molar-refractivity contribution in [3.63, 3.8) is 0 Å². The van der Waals surface area contributed by atoms with Gasteiger partial charge in [-0.2, -0.15) is 0 Å². The molecule has 2 N–H and O–H groups in total. The zero-order valence-electron chi connectivity index (χ0n) is 14.7. The van der Waals surface area contributed by atoms with Crippen LogP contribution in [0.15, 0.2) is 40.9 Å². The van der Waals surface area contributed by atoms with Crippen LogP contribution in [0.3, 0.4) is 0 Å². The number of ether oxygens (including phenoxy) is 1. The molecule has 7 nitrogen and oxygen atoms in total. The standard InChI is InChI=1S/C18H23N3O4S/c1-14-10-16(21-25-14)20-18(23)13-26-12-17(22)19-8-5-9-24-11-15-6-3-2-4-7-15/h2-4,6-7,10H,5,8-9,11-13H2,1H3,(H,19,22)(H,20,21,23). The molecule has 0 atom stereocenters. The normalized spacial score (nSPS) is 10.5. The average Bonchev–Trinajstić information content (AvgIpc) is 3.03. The van der Waals surface area contributed by atoms with Crippen LogP contribution in [0.2, 0.25) is 0 Å². The zero-order valence-corrected chi connectivity index (χ0v) is 15.5. The minimum Gasteiger partial charge on any atom is -0.377 e. The van der Waals surface area contributed by atoms with E-state index in [0.29, 0.717) is 31.3 Å². The van der Waals surface area contributed by atoms with E-state index in [2.05, 4.69) is 15.8 Å². The van der Waals surface area contributed by atoms with E-state index in [-0.39, 0.29) is 23.3 Å². The summed E-state index contributed by atoms with van der Waals surface area (Å²) in [6.07, 6.45) is 0.745. The molecule has 0 aliphatic carbocycles. The van der Waals surface area contributed by atoms with Gasteiger partial charge in [-0.1, -0.05) is 35.5 Å². The third-order valence-electron chi connectivity index (χ3n) is 3.26. The molecule has 26 heavy (non-hydrogen) atoms. The van der Waals surface area contributed by atoms with E-state index in [1.165, 1.54) is 11.8 Å². The van der Waals surface area contributed by atoms with Gasteiger partial charge in [-0.25, -0.2) is 0 Å². The Hall–Kier alpha value is -2.32. The molecule has 2 aromatic rings. The molecule has 0 unspecified atom stereocenters. The Kier molecular flexibility index (Phi) is 8.71. The lowest BCUT2D eigenvalue weighted by atomic mass is 10.2. The summed E-state index contributed by atoms with van der Waals surface area (Å²) in [5, 5.41) is 9.09. The topological polar surface area (TPSA) is 93.5 Å². The van der Waals surface area contributed by atoms with E-state index in [0.717, 1.165) is 12.0 Å². The molecule has 0 bridgehead atoms. The summed E-state index contributed by atoms with van der Waals surface area (Å²) >= 11 is 1.25. The molecule has 0 fully saturated rings. The highest BCUT2D eigenvalue weighted by Gasteiger charge is 2.08. The molecule has 0 spiro atoms. The second-order valence-corrected chi connectivity index (χ2v) is 6.59. The maximum absolute atomic E-state index is 11.7. The number of hydrogen-bond donors (Lipinski definition) is 2. The average molecular weight is 377 g/mol. The van der Waals surface area contributed by atoms with Crippen molar-refractivity contribution in [1.82, 2.24) is 10.5 Å². The molecule has 1 heterocycles. The van der Waals surface area contributed by atoms with Gasteiger partial charge in [0.2, 0.25) is 11.8 Å². The first kappa shape index (κ1) is 20.0. The summed E-state index contributed by atoms with van der Waals surface area (Å²) in [5.41, 5.74) is 1.13. The minimum atomic E-state index is -0.217. The SMILES string of the molecule is Cc1cc(NC(=O)CSCC(=O)NCCCOCc2ccccc2)no1. The molecule has 1 aromatic carbocycles. The fourth-order valence-corrected chi connectivity index (χ4v) is 2.71. The van der Waals surface area contributed by atoms with Crippen LogP contribution >= 0.6 is 11.8 Å². The number of aryl methyl sites for hydroxylation is 1. The Morgan fingerprint density at radius 2 is 1.96 bits per heavy atom. The largest absolute Gasteiger partial charge is 0.377 e. The predicted octanol–water partition coefficient (Wildman–Crippen LogP) is 2.38. The van der Waals surface area contributed by atoms with Crippen LogP contribution in [-0.4, -0.2) is 41.6 Å². The maximum atomic E-state index is 11.7. The van der Waals surface area contributed by atoms with Crippen LogP contribution < -0.4 is 10.6 Å². The van der Waals surface area contributed by atoms with E-state index in [1.807, 2.05) is 30.3 Å². The maximum Gasteiger partial charge on any atom is 0.235 e. The highest BCUT2D eigenvalue weighted by molar-refractivity contribution is 8.00. The zero-order chi connectivity index (χ0) is 18.6. The number of aromatic nitrogens is 1. The van der Waals surface area contributed by atoms with Crippen molar-refractivity contribution < 1.29 is 18.8 Å². The van der Waals surface area contributed by atoms with Crippen LogP contribution in [-0.2, 0) is 20.9 Å². The molecule has 8 heteroatoms. The van der Waals surface area contributed by atoms with Gasteiger partial charge in [-0.05, 0) is 18.9 Å². The first-order valence-corrected chi connectivity index (χ1v) is 9.48. The second kappa shape index (κ2) is 11.3. The first-order valence-electron chi connectivity index (χ1n) is 8.33. The van der Waals surface area contributed by atoms with Gasteiger partial charge in [-0.3, -0.25) is 9.59 Å². The number of carbonyl (C=O) groups is 2. The second-order valence-electron chi connectivity index (χ2n) is 5.61. The van der Waals surface area contributed by atoms with Crippen LogP contribution in [0.25, 0.3) is 0 Å². The number of nitrogens with one attached hydrogen (secondary N) is 2. The molecule has 2 amide bonds. The smallest absolute Gasteiger partial charge is 0.235 e. The highest BCUT2D eigenvalue weighted by Crippen LogP contribution is 2.08. The van der Waals surface area contributed by atoms with E-state index in [4.69, 9.17) is 9.26 Å². The summed E-state index contributed by atoms with van der Waals surface area (Å²) in [5.74, 6) is 1.11. The van der Waals surface area contributed by atoms with Crippen LogP contribution in [0, 0.1) is 6.92 Å². The summed E-state index contributed by atoms with van der Waals surface area (Å²) < 4.78 is 10.4. The number of benzene rings is 1. The number of amides is 2. The fourth-order valence-electron chi connectivity index (χ4n) is 2.06. The Morgan fingerprint density at radius 1 is 1.19 bits per heavy atom. The molecule has 0 saturated heterocycles. The number of hydrogen-bond acceptors (Lipinski definition) is 6. The Bertz CT molecular complexity index is 691. The fraction of sp³-hybridized carbons (Fsp3) is 0.389. The summed E-state index contributed by atoms with van der Waals surface area (Å²) in [4.78, 5) is 23.4. The predicted molar refractivity (Wildman–Crippen MR) is 101 cm³/mol. The molecule has 0 aliphatic rings. The summed E-state index contributed by atoms with van der Waals surface area (Å²) in [7, 11) is 0. The molecule has 1 aromatic heterocycles. The van der Waals surface area contributed by atoms with E-state index < -0.39 is 0 Å². The number of rotatable bonds is 11. The van der Waals surface area contributed by atoms with Crippen molar-refractivity contribution in [2.24, 2.45) is 0 Å². The molecule has 0 aliphatic heterocycles. The van der Waals surface area contributed by atoms with Crippen LogP contribution in [0.4, 0.5) is 5.82 Å². The molecular weight excluding hydrogens is 354 g/mol. The third kappa shape index (κ3) is 8.17. The molecule has 2 rings (SSSR count). The monoisotopic (exact) mass is 377 g/mol. The first-order chi connectivity index (χ1) is 12.6. The van der Waals surface area contributed by atoms with Gasteiger partial charge in [0, 0.05) is 19.2 Å². The lowest BCUT2D eigenvalue weighted by molar-refractivity contribution is -0.118. The number of thioether (sulfide) groups is 1. The van der Waals surface area contributed by atoms with Crippen molar-refractivity contribution in [2.75, 3.05) is 30.0 Å². The van der Waals surface area contributed by atoms with E-state index in [1.54, 1.807) is 13.0 Å². The van der Waals surface area contributed by atoms with Crippen molar-refractivity contribution in [3.05, 3.63) is 47.7 Å². The summed E-state index contributed by atoms with van der Waals surface area (Å²) in [6.45, 7) is 3.46. The molecule has 140 valence electrons. The molecule has 0 saturated carbocycles. The van der Waals surface area contributed by atoms with E-state index in [9.17, 15) is 9.59 Å². The van der Waals surface area contributed by atoms with Gasteiger partial charge >= 0.3 is 0 Å². The molecular formula is C18H23N3O4S. The van der Waals surface area contributed by atoms with Gasteiger partial charge in [0.25, 0.3) is 0 Å². The number of nitrogens with zero attached hydrogens (tertiary/aromatic N) is 1. The third-order valence-corrected chi connectivity index (χ3v) is 4.19. The number of carbonyl (C=O) groups excluding carboxylic acids is 2. The lowest BCUT2D eigenvalue weighted by Gasteiger charge is -2.06. The van der Waals surface area contributed by atoms with E-state index >= 15 is 0 Å². The van der Waals surface area contributed by atoms with Gasteiger partial charge in [0.1, 0.15) is 5.76 Å². The van der Waals surface area contributed by atoms with Gasteiger partial charge < -0.3 is 19.9 Å². The quantitative estimate of drug-likeness (QED) is 0.584.